The predicted octanol–water partition coefficient (Wildman–Crippen LogP) is 1.24. The van der Waals surface area contributed by atoms with E-state index in [2.05, 4.69) is 20.5 Å². The molecule has 0 aliphatic carbocycles. The Labute approximate surface area is 103 Å². The van der Waals surface area contributed by atoms with Crippen LogP contribution in [0.1, 0.15) is 10.4 Å². The topological polar surface area (TPSA) is 114 Å². The van der Waals surface area contributed by atoms with Crippen molar-refractivity contribution in [3.05, 3.63) is 45.8 Å². The summed E-state index contributed by atoms with van der Waals surface area (Å²) in [6, 6.07) is 0.782. The zero-order chi connectivity index (χ0) is 14.0. The second kappa shape index (κ2) is 4.76. The third-order valence-corrected chi connectivity index (χ3v) is 2.12. The van der Waals surface area contributed by atoms with E-state index in [1.165, 1.54) is 0 Å². The average molecular weight is 269 g/mol. The molecule has 1 amide bonds. The molecule has 0 fully saturated rings. The van der Waals surface area contributed by atoms with Gasteiger partial charge in [0.2, 0.25) is 11.8 Å². The van der Waals surface area contributed by atoms with Gasteiger partial charge in [0.25, 0.3) is 5.91 Å². The number of nitro benzene ring substituents is 1. The molecule has 2 aromatic rings. The largest absolute Gasteiger partial charge is 0.307 e. The fraction of sp³-hybridized carbons (Fsp3) is 0. The van der Waals surface area contributed by atoms with Crippen molar-refractivity contribution in [1.29, 1.82) is 0 Å². The number of hydrogen-bond donors (Lipinski definition) is 2. The van der Waals surface area contributed by atoms with Crippen LogP contribution in [0.15, 0.2) is 18.5 Å². The molecule has 0 radical (unpaired) electrons. The van der Waals surface area contributed by atoms with Crippen molar-refractivity contribution < 1.29 is 18.5 Å². The summed E-state index contributed by atoms with van der Waals surface area (Å²) in [5.74, 6) is -3.61. The molecule has 0 atom stereocenters. The van der Waals surface area contributed by atoms with Gasteiger partial charge in [-0.25, -0.2) is 9.49 Å². The van der Waals surface area contributed by atoms with Crippen molar-refractivity contribution in [3.63, 3.8) is 0 Å². The number of rotatable bonds is 3. The molecule has 1 heterocycles. The Hall–Kier alpha value is -2.91. The van der Waals surface area contributed by atoms with Crippen molar-refractivity contribution >= 4 is 17.5 Å². The van der Waals surface area contributed by atoms with Crippen molar-refractivity contribution in [1.82, 2.24) is 15.2 Å². The highest BCUT2D eigenvalue weighted by Gasteiger charge is 2.22. The summed E-state index contributed by atoms with van der Waals surface area (Å²) >= 11 is 0. The lowest BCUT2D eigenvalue weighted by Gasteiger charge is -2.03. The number of carbonyl (C=O) groups excluding carboxylic acids is 1. The molecule has 1 aromatic heterocycles. The van der Waals surface area contributed by atoms with E-state index < -0.39 is 33.7 Å². The summed E-state index contributed by atoms with van der Waals surface area (Å²) < 4.78 is 26.8. The summed E-state index contributed by atoms with van der Waals surface area (Å²) in [5, 5.41) is 18.2. The Morgan fingerprint density at radius 3 is 2.68 bits per heavy atom. The highest BCUT2D eigenvalue weighted by Crippen LogP contribution is 2.21. The van der Waals surface area contributed by atoms with Gasteiger partial charge in [0.05, 0.1) is 16.6 Å². The minimum absolute atomic E-state index is 0.0665. The Morgan fingerprint density at radius 1 is 1.37 bits per heavy atom. The van der Waals surface area contributed by atoms with Crippen LogP contribution in [-0.2, 0) is 0 Å². The van der Waals surface area contributed by atoms with Crippen LogP contribution in [0.2, 0.25) is 0 Å². The van der Waals surface area contributed by atoms with Gasteiger partial charge in [-0.3, -0.25) is 20.2 Å². The van der Waals surface area contributed by atoms with Crippen LogP contribution in [0, 0.1) is 21.7 Å². The van der Waals surface area contributed by atoms with Crippen molar-refractivity contribution in [2.45, 2.75) is 0 Å². The number of benzene rings is 1. The molecule has 19 heavy (non-hydrogen) atoms. The Morgan fingerprint density at radius 2 is 2.11 bits per heavy atom. The number of H-pyrrole nitrogens is 1. The Bertz CT molecular complexity index is 644. The first-order valence-electron chi connectivity index (χ1n) is 4.79. The first-order valence-corrected chi connectivity index (χ1v) is 4.79. The van der Waals surface area contributed by atoms with E-state index in [9.17, 15) is 23.7 Å². The second-order valence-electron chi connectivity index (χ2n) is 3.33. The fourth-order valence-electron chi connectivity index (χ4n) is 1.29. The van der Waals surface area contributed by atoms with Gasteiger partial charge in [-0.15, -0.1) is 0 Å². The van der Waals surface area contributed by atoms with Crippen LogP contribution in [0.5, 0.6) is 0 Å². The van der Waals surface area contributed by atoms with E-state index in [1.807, 2.05) is 0 Å². The molecule has 0 unspecified atom stereocenters. The van der Waals surface area contributed by atoms with Crippen LogP contribution in [0.3, 0.4) is 0 Å². The molecule has 0 spiro atoms. The standard InChI is InChI=1S/C9H5F2N5O3/c10-5-2-7(16(18)19)6(11)1-4(5)8(17)14-9-12-3-13-15-9/h1-3H,(H2,12,13,14,15,17). The monoisotopic (exact) mass is 269 g/mol. The average Bonchev–Trinajstić information content (AvgIpc) is 2.83. The summed E-state index contributed by atoms with van der Waals surface area (Å²) in [7, 11) is 0. The maximum Gasteiger partial charge on any atom is 0.307 e. The number of carbonyl (C=O) groups is 1. The zero-order valence-electron chi connectivity index (χ0n) is 9.05. The van der Waals surface area contributed by atoms with Gasteiger partial charge in [0.15, 0.2) is 0 Å². The number of nitrogens with zero attached hydrogens (tertiary/aromatic N) is 3. The third-order valence-electron chi connectivity index (χ3n) is 2.12. The van der Waals surface area contributed by atoms with E-state index in [1.54, 1.807) is 0 Å². The number of aromatic nitrogens is 3. The normalized spacial score (nSPS) is 10.2. The Balaban J connectivity index is 2.32. The summed E-state index contributed by atoms with van der Waals surface area (Å²) in [6.45, 7) is 0. The molecule has 98 valence electrons. The van der Waals surface area contributed by atoms with Crippen molar-refractivity contribution in [2.75, 3.05) is 5.32 Å². The highest BCUT2D eigenvalue weighted by molar-refractivity contribution is 6.03. The summed E-state index contributed by atoms with van der Waals surface area (Å²) in [5.41, 5.74) is -1.73. The predicted molar refractivity (Wildman–Crippen MR) is 57.3 cm³/mol. The fourth-order valence-corrected chi connectivity index (χ4v) is 1.29. The first-order chi connectivity index (χ1) is 8.99. The molecule has 0 aliphatic rings. The summed E-state index contributed by atoms with van der Waals surface area (Å²) in [4.78, 5) is 24.4. The van der Waals surface area contributed by atoms with Gasteiger partial charge in [-0.05, 0) is 6.07 Å². The number of anilines is 1. The lowest BCUT2D eigenvalue weighted by atomic mass is 10.1. The van der Waals surface area contributed by atoms with E-state index in [4.69, 9.17) is 0 Å². The van der Waals surface area contributed by atoms with E-state index in [-0.39, 0.29) is 5.95 Å². The molecule has 0 aliphatic heterocycles. The molecule has 0 bridgehead atoms. The Kier molecular flexibility index (Phi) is 3.14. The minimum Gasteiger partial charge on any atom is -0.291 e. The molecule has 0 saturated carbocycles. The van der Waals surface area contributed by atoms with Gasteiger partial charge in [-0.1, -0.05) is 0 Å². The SMILES string of the molecule is O=C(Nc1ncn[nH]1)c1cc(F)c([N+](=O)[O-])cc1F. The van der Waals surface area contributed by atoms with E-state index in [0.717, 1.165) is 6.33 Å². The number of halogens is 2. The van der Waals surface area contributed by atoms with E-state index in [0.29, 0.717) is 12.1 Å². The molecule has 2 N–H and O–H groups in total. The maximum atomic E-state index is 13.5. The number of nitrogens with one attached hydrogen (secondary N) is 2. The minimum atomic E-state index is -1.31. The first kappa shape index (κ1) is 12.5. The second-order valence-corrected chi connectivity index (χ2v) is 3.33. The van der Waals surface area contributed by atoms with Gasteiger partial charge in [0.1, 0.15) is 12.1 Å². The van der Waals surface area contributed by atoms with Crippen LogP contribution >= 0.6 is 0 Å². The van der Waals surface area contributed by atoms with Crippen LogP contribution in [-0.4, -0.2) is 26.0 Å². The van der Waals surface area contributed by atoms with Crippen LogP contribution < -0.4 is 5.32 Å². The molecular weight excluding hydrogens is 264 g/mol. The van der Waals surface area contributed by atoms with Gasteiger partial charge >= 0.3 is 5.69 Å². The molecule has 10 heteroatoms. The number of amides is 1. The molecule has 2 rings (SSSR count). The van der Waals surface area contributed by atoms with Gasteiger partial charge in [0, 0.05) is 0 Å². The molecule has 0 saturated heterocycles. The smallest absolute Gasteiger partial charge is 0.291 e. The zero-order valence-corrected chi connectivity index (χ0v) is 9.05. The third kappa shape index (κ3) is 2.51. The highest BCUT2D eigenvalue weighted by atomic mass is 19.1. The van der Waals surface area contributed by atoms with Gasteiger partial charge < -0.3 is 0 Å². The molecular formula is C9H5F2N5O3. The van der Waals surface area contributed by atoms with Crippen molar-refractivity contribution in [2.24, 2.45) is 0 Å². The maximum absolute atomic E-state index is 13.5. The van der Waals surface area contributed by atoms with Crippen LogP contribution in [0.25, 0.3) is 0 Å². The molecule has 8 nitrogen and oxygen atoms in total. The van der Waals surface area contributed by atoms with Crippen molar-refractivity contribution in [3.8, 4) is 0 Å². The van der Waals surface area contributed by atoms with Gasteiger partial charge in [-0.2, -0.15) is 14.5 Å². The lowest BCUT2D eigenvalue weighted by molar-refractivity contribution is -0.387. The summed E-state index contributed by atoms with van der Waals surface area (Å²) in [6.07, 6.45) is 1.10. The van der Waals surface area contributed by atoms with Crippen LogP contribution in [0.4, 0.5) is 20.4 Å². The molecule has 1 aromatic carbocycles. The number of aromatic amines is 1. The van der Waals surface area contributed by atoms with E-state index >= 15 is 0 Å². The lowest BCUT2D eigenvalue weighted by Crippen LogP contribution is -2.15. The number of hydrogen-bond acceptors (Lipinski definition) is 5. The number of nitro groups is 1. The quantitative estimate of drug-likeness (QED) is 0.642.